The van der Waals surface area contributed by atoms with Gasteiger partial charge in [-0.25, -0.2) is 4.79 Å². The fraction of sp³-hybridized carbons (Fsp3) is 0.485. The van der Waals surface area contributed by atoms with Crippen LogP contribution in [0.4, 0.5) is 0 Å². The fourth-order valence-electron chi connectivity index (χ4n) is 5.25. The van der Waals surface area contributed by atoms with Crippen LogP contribution in [0, 0.1) is 5.92 Å². The summed E-state index contributed by atoms with van der Waals surface area (Å²) in [5.74, 6) is -1.06. The number of nitrogens with one attached hydrogen (secondary N) is 2. The summed E-state index contributed by atoms with van der Waals surface area (Å²) in [6.45, 7) is 13.2. The zero-order valence-corrected chi connectivity index (χ0v) is 26.1. The summed E-state index contributed by atoms with van der Waals surface area (Å²) in [5.41, 5.74) is 0.546. The monoisotopic (exact) mass is 565 g/mol. The van der Waals surface area contributed by atoms with Crippen LogP contribution in [0.2, 0.25) is 0 Å². The zero-order valence-electron chi connectivity index (χ0n) is 26.1. The van der Waals surface area contributed by atoms with Gasteiger partial charge in [-0.15, -0.1) is 0 Å². The topological polar surface area (TPSA) is 108 Å². The van der Waals surface area contributed by atoms with Gasteiger partial charge in [0.15, 0.2) is 0 Å². The van der Waals surface area contributed by atoms with Crippen molar-refractivity contribution in [3.8, 4) is 5.75 Å². The summed E-state index contributed by atoms with van der Waals surface area (Å²) in [7, 11) is 4.98. The van der Waals surface area contributed by atoms with E-state index in [4.69, 9.17) is 4.74 Å². The Morgan fingerprint density at radius 2 is 1.41 bits per heavy atom. The number of carbonyl (C=O) groups excluding carboxylic acids is 2. The minimum atomic E-state index is -1.04. The standard InChI is InChI=1S/C33H47N3O5/c1-21(2)26(20-22(3)31(39)40)36(9)30(38)28(33(6,7)24-16-18-25(41-10)19-17-24)35-29(37)27(34-8)32(4,5)23-14-12-11-13-15-23/h11-21,26-28,34H,1-10H3,(H,35,37)(H,39,40)/t26-,27-,28-/m1/s1. The van der Waals surface area contributed by atoms with Crippen LogP contribution in [0.1, 0.15) is 59.6 Å². The van der Waals surface area contributed by atoms with Crippen LogP contribution in [0.25, 0.3) is 0 Å². The second-order valence-electron chi connectivity index (χ2n) is 12.0. The third kappa shape index (κ3) is 7.76. The first-order valence-corrected chi connectivity index (χ1v) is 14.0. The van der Waals surface area contributed by atoms with Crippen LogP contribution in [-0.4, -0.2) is 67.1 Å². The van der Waals surface area contributed by atoms with Gasteiger partial charge >= 0.3 is 5.97 Å². The van der Waals surface area contributed by atoms with Crippen molar-refractivity contribution < 1.29 is 24.2 Å². The van der Waals surface area contributed by atoms with E-state index in [0.29, 0.717) is 5.75 Å². The van der Waals surface area contributed by atoms with Gasteiger partial charge in [-0.1, -0.05) is 90.1 Å². The van der Waals surface area contributed by atoms with Gasteiger partial charge in [0.05, 0.1) is 19.2 Å². The molecule has 0 aromatic heterocycles. The van der Waals surface area contributed by atoms with Crippen molar-refractivity contribution in [1.82, 2.24) is 15.5 Å². The minimum absolute atomic E-state index is 0.0687. The highest BCUT2D eigenvalue weighted by atomic mass is 16.5. The summed E-state index contributed by atoms with van der Waals surface area (Å²) < 4.78 is 5.32. The Balaban J connectivity index is 2.59. The Morgan fingerprint density at radius 1 is 0.902 bits per heavy atom. The fourth-order valence-corrected chi connectivity index (χ4v) is 5.25. The number of carboxylic acid groups (broad SMARTS) is 1. The van der Waals surface area contributed by atoms with Crippen LogP contribution in [0.15, 0.2) is 66.2 Å². The molecule has 2 aromatic rings. The number of hydrogen-bond acceptors (Lipinski definition) is 5. The molecule has 0 radical (unpaired) electrons. The van der Waals surface area contributed by atoms with Crippen molar-refractivity contribution in [2.45, 2.75) is 77.4 Å². The summed E-state index contributed by atoms with van der Waals surface area (Å²) >= 11 is 0. The van der Waals surface area contributed by atoms with E-state index in [-0.39, 0.29) is 23.3 Å². The number of carboxylic acids is 1. The van der Waals surface area contributed by atoms with E-state index >= 15 is 0 Å². The molecule has 41 heavy (non-hydrogen) atoms. The molecule has 224 valence electrons. The molecule has 0 fully saturated rings. The highest BCUT2D eigenvalue weighted by Crippen LogP contribution is 2.32. The molecule has 0 unspecified atom stereocenters. The molecule has 8 nitrogen and oxygen atoms in total. The molecular weight excluding hydrogens is 518 g/mol. The Kier molecular flexibility index (Phi) is 11.3. The predicted octanol–water partition coefficient (Wildman–Crippen LogP) is 4.54. The lowest BCUT2D eigenvalue weighted by Crippen LogP contribution is -2.63. The molecule has 0 aliphatic rings. The lowest BCUT2D eigenvalue weighted by molar-refractivity contribution is -0.139. The average Bonchev–Trinajstić information content (AvgIpc) is 2.94. The number of nitrogens with zero attached hydrogens (tertiary/aromatic N) is 1. The van der Waals surface area contributed by atoms with Crippen molar-refractivity contribution in [3.05, 3.63) is 77.4 Å². The molecule has 3 atom stereocenters. The number of benzene rings is 2. The number of carbonyl (C=O) groups is 3. The van der Waals surface area contributed by atoms with Crippen LogP contribution < -0.4 is 15.4 Å². The first-order chi connectivity index (χ1) is 19.1. The molecule has 2 amide bonds. The molecule has 0 aliphatic carbocycles. The first kappa shape index (κ1) is 33.6. The third-order valence-corrected chi connectivity index (χ3v) is 8.12. The second kappa shape index (κ2) is 13.8. The van der Waals surface area contributed by atoms with Crippen molar-refractivity contribution in [3.63, 3.8) is 0 Å². The van der Waals surface area contributed by atoms with E-state index < -0.39 is 34.9 Å². The zero-order chi connectivity index (χ0) is 31.1. The summed E-state index contributed by atoms with van der Waals surface area (Å²) in [5, 5.41) is 15.8. The maximum atomic E-state index is 14.3. The molecule has 0 aliphatic heterocycles. The summed E-state index contributed by atoms with van der Waals surface area (Å²) in [6, 6.07) is 15.1. The molecule has 0 saturated carbocycles. The maximum absolute atomic E-state index is 14.3. The molecule has 0 spiro atoms. The molecule has 0 heterocycles. The van der Waals surface area contributed by atoms with Crippen LogP contribution in [0.3, 0.4) is 0 Å². The van der Waals surface area contributed by atoms with Gasteiger partial charge in [-0.3, -0.25) is 9.59 Å². The SMILES string of the molecule is CN[C@H](C(=O)N[C@H](C(=O)N(C)[C@H](C=C(C)C(=O)O)C(C)C)C(C)(C)c1ccc(OC)cc1)C(C)(C)c1ccccc1. The van der Waals surface area contributed by atoms with Gasteiger partial charge in [-0.2, -0.15) is 0 Å². The van der Waals surface area contributed by atoms with Gasteiger partial charge in [-0.05, 0) is 43.1 Å². The normalized spacial score (nSPS) is 14.7. The minimum Gasteiger partial charge on any atom is -0.497 e. The lowest BCUT2D eigenvalue weighted by Gasteiger charge is -2.41. The van der Waals surface area contributed by atoms with Crippen molar-refractivity contribution in [1.29, 1.82) is 0 Å². The summed E-state index contributed by atoms with van der Waals surface area (Å²) in [4.78, 5) is 41.5. The third-order valence-electron chi connectivity index (χ3n) is 8.12. The van der Waals surface area contributed by atoms with Crippen molar-refractivity contribution >= 4 is 17.8 Å². The van der Waals surface area contributed by atoms with Crippen LogP contribution in [0.5, 0.6) is 5.75 Å². The van der Waals surface area contributed by atoms with Gasteiger partial charge in [0.25, 0.3) is 0 Å². The highest BCUT2D eigenvalue weighted by molar-refractivity contribution is 5.92. The van der Waals surface area contributed by atoms with E-state index in [1.54, 1.807) is 32.2 Å². The number of hydrogen-bond donors (Lipinski definition) is 3. The Bertz CT molecular complexity index is 1220. The molecule has 2 aromatic carbocycles. The Morgan fingerprint density at radius 3 is 1.88 bits per heavy atom. The molecular formula is C33H47N3O5. The molecule has 0 bridgehead atoms. The lowest BCUT2D eigenvalue weighted by atomic mass is 9.75. The van der Waals surface area contributed by atoms with E-state index in [1.807, 2.05) is 96.1 Å². The smallest absolute Gasteiger partial charge is 0.331 e. The van der Waals surface area contributed by atoms with Gasteiger partial charge in [0.1, 0.15) is 11.8 Å². The van der Waals surface area contributed by atoms with E-state index in [1.165, 1.54) is 6.92 Å². The first-order valence-electron chi connectivity index (χ1n) is 14.0. The highest BCUT2D eigenvalue weighted by Gasteiger charge is 2.44. The number of likely N-dealkylation sites (N-methyl/N-ethyl adjacent to an activating group) is 2. The van der Waals surface area contributed by atoms with E-state index in [9.17, 15) is 19.5 Å². The predicted molar refractivity (Wildman–Crippen MR) is 163 cm³/mol. The number of ether oxygens (including phenoxy) is 1. The largest absolute Gasteiger partial charge is 0.497 e. The van der Waals surface area contributed by atoms with Gasteiger partial charge in [0.2, 0.25) is 11.8 Å². The van der Waals surface area contributed by atoms with Gasteiger partial charge in [0, 0.05) is 23.5 Å². The van der Waals surface area contributed by atoms with Crippen LogP contribution >= 0.6 is 0 Å². The summed E-state index contributed by atoms with van der Waals surface area (Å²) in [6.07, 6.45) is 1.60. The average molecular weight is 566 g/mol. The second-order valence-corrected chi connectivity index (χ2v) is 12.0. The number of rotatable bonds is 13. The van der Waals surface area contributed by atoms with E-state index in [0.717, 1.165) is 11.1 Å². The van der Waals surface area contributed by atoms with Crippen molar-refractivity contribution in [2.75, 3.05) is 21.2 Å². The number of methoxy groups -OCH3 is 1. The quantitative estimate of drug-likeness (QED) is 0.308. The van der Waals surface area contributed by atoms with E-state index in [2.05, 4.69) is 10.6 Å². The molecule has 0 saturated heterocycles. The maximum Gasteiger partial charge on any atom is 0.331 e. The number of amides is 2. The van der Waals surface area contributed by atoms with Crippen molar-refractivity contribution in [2.24, 2.45) is 5.92 Å². The van der Waals surface area contributed by atoms with Gasteiger partial charge < -0.3 is 25.4 Å². The molecule has 8 heteroatoms. The number of aliphatic carboxylic acids is 1. The van der Waals surface area contributed by atoms with Crippen LogP contribution in [-0.2, 0) is 25.2 Å². The Hall–Kier alpha value is -3.65. The Labute approximate surface area is 245 Å². The molecule has 3 N–H and O–H groups in total. The molecule has 2 rings (SSSR count).